The second kappa shape index (κ2) is 8.07. The number of nitrogens with zero attached hydrogens (tertiary/aromatic N) is 8. The van der Waals surface area contributed by atoms with Gasteiger partial charge in [0.25, 0.3) is 0 Å². The molecule has 5 heterocycles. The van der Waals surface area contributed by atoms with Gasteiger partial charge < -0.3 is 0 Å². The van der Waals surface area contributed by atoms with Gasteiger partial charge in [-0.2, -0.15) is 5.10 Å². The summed E-state index contributed by atoms with van der Waals surface area (Å²) in [5.41, 5.74) is 4.40. The van der Waals surface area contributed by atoms with Gasteiger partial charge in [0.05, 0.1) is 25.0 Å². The fraction of sp³-hybridized carbons (Fsp3) is 0.348. The third kappa shape index (κ3) is 3.49. The molecule has 9 heteroatoms. The minimum atomic E-state index is -0.186. The van der Waals surface area contributed by atoms with Crippen LogP contribution in [0.4, 0.5) is 0 Å². The van der Waals surface area contributed by atoms with E-state index in [1.165, 1.54) is 0 Å². The summed E-state index contributed by atoms with van der Waals surface area (Å²) in [4.78, 5) is 22.1. The van der Waals surface area contributed by atoms with Crippen molar-refractivity contribution in [3.8, 4) is 0 Å². The molecule has 5 rings (SSSR count). The number of rotatable bonds is 7. The molecule has 32 heavy (non-hydrogen) atoms. The van der Waals surface area contributed by atoms with Crippen molar-refractivity contribution in [2.75, 3.05) is 0 Å². The van der Waals surface area contributed by atoms with Gasteiger partial charge in [-0.15, -0.1) is 4.40 Å². The molecule has 0 unspecified atom stereocenters. The zero-order valence-electron chi connectivity index (χ0n) is 18.5. The molecule has 1 aliphatic heterocycles. The first-order valence-corrected chi connectivity index (χ1v) is 10.9. The Morgan fingerprint density at radius 2 is 1.97 bits per heavy atom. The highest BCUT2D eigenvalue weighted by Crippen LogP contribution is 2.20. The molecule has 0 spiro atoms. The highest BCUT2D eigenvalue weighted by Gasteiger charge is 2.27. The number of hydrogen-bond acceptors (Lipinski definition) is 6. The van der Waals surface area contributed by atoms with Gasteiger partial charge in [-0.3, -0.25) is 9.67 Å². The first-order chi connectivity index (χ1) is 15.5. The molecular weight excluding hydrogens is 404 g/mol. The molecule has 0 saturated heterocycles. The molecule has 0 bridgehead atoms. The van der Waals surface area contributed by atoms with Crippen molar-refractivity contribution in [1.82, 2.24) is 29.4 Å². The smallest absolute Gasteiger partial charge is 0.268 e. The normalized spacial score (nSPS) is 12.8. The molecule has 0 fully saturated rings. The predicted molar refractivity (Wildman–Crippen MR) is 119 cm³/mol. The van der Waals surface area contributed by atoms with Gasteiger partial charge in [0, 0.05) is 42.3 Å². The minimum Gasteiger partial charge on any atom is -0.268 e. The van der Waals surface area contributed by atoms with Gasteiger partial charge in [0.1, 0.15) is 5.69 Å². The Kier molecular flexibility index (Phi) is 5.08. The number of aromatic nitrogens is 7. The Morgan fingerprint density at radius 3 is 2.78 bits per heavy atom. The standard InChI is InChI=1S/C23H25N8O/c1-4-5-6-7-30-20-9-19(26-21(20)22(32)31-16(3)27-28-23(30)31)18-12-25-29(14-18)13-17-8-15(2)10-24-11-17/h8-12,14H,4-7,13H2,1-3H3/q+1. The van der Waals surface area contributed by atoms with Crippen LogP contribution < -0.4 is 15.5 Å². The molecule has 1 aliphatic rings. The first-order valence-electron chi connectivity index (χ1n) is 10.9. The van der Waals surface area contributed by atoms with E-state index < -0.39 is 0 Å². The van der Waals surface area contributed by atoms with Crippen molar-refractivity contribution in [2.24, 2.45) is 4.99 Å². The van der Waals surface area contributed by atoms with E-state index in [4.69, 9.17) is 4.99 Å². The molecule has 0 atom stereocenters. The Hall–Kier alpha value is -3.75. The summed E-state index contributed by atoms with van der Waals surface area (Å²) >= 11 is 0. The third-order valence-corrected chi connectivity index (χ3v) is 5.68. The maximum Gasteiger partial charge on any atom is 0.431 e. The Balaban J connectivity index is 1.53. The highest BCUT2D eigenvalue weighted by molar-refractivity contribution is 5.81. The van der Waals surface area contributed by atoms with Crippen LogP contribution >= 0.6 is 0 Å². The quantitative estimate of drug-likeness (QED) is 0.329. The SMILES string of the molecule is CCCCC[n+]1c2c(c(=O)n3c(C)nnc31)=NC(c1cnn(Cc3cncc(C)c3)c1)=C2. The molecule has 4 aromatic heterocycles. The van der Waals surface area contributed by atoms with Crippen molar-refractivity contribution in [1.29, 1.82) is 0 Å². The molecule has 0 radical (unpaired) electrons. The van der Waals surface area contributed by atoms with Gasteiger partial charge in [0.2, 0.25) is 5.82 Å². The lowest BCUT2D eigenvalue weighted by molar-refractivity contribution is -0.679. The van der Waals surface area contributed by atoms with Crippen LogP contribution in [-0.2, 0) is 13.1 Å². The molecule has 0 N–H and O–H groups in total. The molecule has 0 aliphatic carbocycles. The zero-order chi connectivity index (χ0) is 22.2. The van der Waals surface area contributed by atoms with Gasteiger partial charge in [-0.05, 0) is 29.6 Å². The predicted octanol–water partition coefficient (Wildman–Crippen LogP) is 1.67. The summed E-state index contributed by atoms with van der Waals surface area (Å²) < 4.78 is 5.48. The maximum absolute atomic E-state index is 13.2. The Bertz CT molecular complexity index is 1460. The molecule has 4 aromatic rings. The van der Waals surface area contributed by atoms with Crippen LogP contribution in [0.3, 0.4) is 0 Å². The second-order valence-electron chi connectivity index (χ2n) is 8.22. The van der Waals surface area contributed by atoms with E-state index in [2.05, 4.69) is 37.8 Å². The molecular formula is C23H25N8O+. The average molecular weight is 430 g/mol. The monoisotopic (exact) mass is 429 g/mol. The van der Waals surface area contributed by atoms with Crippen LogP contribution in [0.5, 0.6) is 0 Å². The lowest BCUT2D eigenvalue weighted by Crippen LogP contribution is -2.50. The van der Waals surface area contributed by atoms with E-state index in [0.717, 1.165) is 53.9 Å². The van der Waals surface area contributed by atoms with E-state index in [9.17, 15) is 4.79 Å². The number of hydrogen-bond donors (Lipinski definition) is 0. The summed E-state index contributed by atoms with van der Waals surface area (Å²) in [6.45, 7) is 7.37. The average Bonchev–Trinajstić information content (AvgIpc) is 3.49. The van der Waals surface area contributed by atoms with E-state index >= 15 is 0 Å². The molecule has 0 saturated carbocycles. The van der Waals surface area contributed by atoms with Crippen LogP contribution in [0.2, 0.25) is 0 Å². The number of unbranched alkanes of at least 4 members (excludes halogenated alkanes) is 2. The van der Waals surface area contributed by atoms with E-state index in [-0.39, 0.29) is 5.56 Å². The molecule has 162 valence electrons. The van der Waals surface area contributed by atoms with Crippen molar-refractivity contribution < 1.29 is 4.57 Å². The van der Waals surface area contributed by atoms with Crippen molar-refractivity contribution in [3.05, 3.63) is 74.8 Å². The van der Waals surface area contributed by atoms with Crippen LogP contribution in [0, 0.1) is 13.8 Å². The fourth-order valence-corrected chi connectivity index (χ4v) is 4.11. The summed E-state index contributed by atoms with van der Waals surface area (Å²) in [7, 11) is 0. The van der Waals surface area contributed by atoms with E-state index in [0.29, 0.717) is 23.5 Å². The lowest BCUT2D eigenvalue weighted by Gasteiger charge is -2.04. The molecule has 9 nitrogen and oxygen atoms in total. The minimum absolute atomic E-state index is 0.186. The van der Waals surface area contributed by atoms with Gasteiger partial charge in [-0.25, -0.2) is 14.4 Å². The van der Waals surface area contributed by atoms with Crippen molar-refractivity contribution in [3.63, 3.8) is 0 Å². The zero-order valence-corrected chi connectivity index (χ0v) is 18.5. The largest absolute Gasteiger partial charge is 0.431 e. The first kappa shape index (κ1) is 20.2. The highest BCUT2D eigenvalue weighted by atomic mass is 16.1. The topological polar surface area (TPSA) is 94.2 Å². The third-order valence-electron chi connectivity index (χ3n) is 5.68. The van der Waals surface area contributed by atoms with Crippen molar-refractivity contribution >= 4 is 17.6 Å². The summed E-state index contributed by atoms with van der Waals surface area (Å²) in [6.07, 6.45) is 12.6. The number of fused-ring (bicyclic) bond motifs is 2. The fourth-order valence-electron chi connectivity index (χ4n) is 4.11. The van der Waals surface area contributed by atoms with Gasteiger partial charge in [0.15, 0.2) is 5.36 Å². The van der Waals surface area contributed by atoms with Crippen LogP contribution in [-0.4, -0.2) is 29.4 Å². The second-order valence-corrected chi connectivity index (χ2v) is 8.22. The molecule has 0 aromatic carbocycles. The van der Waals surface area contributed by atoms with E-state index in [1.54, 1.807) is 17.5 Å². The lowest BCUT2D eigenvalue weighted by atomic mass is 10.2. The number of pyridine rings is 1. The van der Waals surface area contributed by atoms with Crippen LogP contribution in [0.1, 0.15) is 54.4 Å². The Morgan fingerprint density at radius 1 is 1.09 bits per heavy atom. The number of aryl methyl sites for hydroxylation is 3. The summed E-state index contributed by atoms with van der Waals surface area (Å²) in [5, 5.41) is 13.3. The van der Waals surface area contributed by atoms with Crippen molar-refractivity contribution in [2.45, 2.75) is 53.1 Å². The van der Waals surface area contributed by atoms with Crippen LogP contribution in [0.15, 0.2) is 40.6 Å². The summed E-state index contributed by atoms with van der Waals surface area (Å²) in [6, 6.07) is 2.10. The van der Waals surface area contributed by atoms with Gasteiger partial charge in [-0.1, -0.05) is 25.8 Å². The summed E-state index contributed by atoms with van der Waals surface area (Å²) in [5.74, 6) is 1.14. The Labute approximate surface area is 184 Å². The maximum atomic E-state index is 13.2. The molecule has 0 amide bonds. The van der Waals surface area contributed by atoms with Crippen LogP contribution in [0.25, 0.3) is 17.6 Å². The van der Waals surface area contributed by atoms with Gasteiger partial charge >= 0.3 is 11.3 Å². The van der Waals surface area contributed by atoms with E-state index in [1.807, 2.05) is 36.3 Å².